The lowest BCUT2D eigenvalue weighted by Crippen LogP contribution is -2.37. The van der Waals surface area contributed by atoms with Crippen molar-refractivity contribution >= 4 is 33.3 Å². The van der Waals surface area contributed by atoms with Crippen molar-refractivity contribution < 1.29 is 17.9 Å². The molecular formula is C18H21N3O4S2. The molecule has 7 nitrogen and oxygen atoms in total. The Kier molecular flexibility index (Phi) is 7.14. The van der Waals surface area contributed by atoms with Gasteiger partial charge in [0.05, 0.1) is 7.11 Å². The van der Waals surface area contributed by atoms with Crippen molar-refractivity contribution in [3.63, 3.8) is 0 Å². The maximum Gasteiger partial charge on any atom is 0.267 e. The predicted molar refractivity (Wildman–Crippen MR) is 107 cm³/mol. The Morgan fingerprint density at radius 2 is 1.85 bits per heavy atom. The van der Waals surface area contributed by atoms with Gasteiger partial charge < -0.3 is 15.4 Å². The van der Waals surface area contributed by atoms with Crippen LogP contribution in [0.3, 0.4) is 0 Å². The van der Waals surface area contributed by atoms with Crippen molar-refractivity contribution in [1.29, 1.82) is 0 Å². The highest BCUT2D eigenvalue weighted by Gasteiger charge is 2.21. The van der Waals surface area contributed by atoms with Crippen LogP contribution in [0, 0.1) is 0 Å². The average Bonchev–Trinajstić information content (AvgIpc) is 2.68. The van der Waals surface area contributed by atoms with E-state index in [2.05, 4.69) is 15.4 Å². The molecule has 0 aromatic heterocycles. The van der Waals surface area contributed by atoms with E-state index in [1.54, 1.807) is 36.4 Å². The Bertz CT molecular complexity index is 915. The standard InChI is InChI=1S/C18H21N3O4S2/c1-19-18(26)21-27(23,24)16-12-13(8-9-15(16)25-2)10-11-20-17(22)14-6-4-3-5-7-14/h3-9,12H,10-11H2,1-2H3,(H,20,22)(H2,19,21,26). The van der Waals surface area contributed by atoms with Crippen molar-refractivity contribution in [2.24, 2.45) is 0 Å². The van der Waals surface area contributed by atoms with E-state index in [9.17, 15) is 13.2 Å². The van der Waals surface area contributed by atoms with Crippen LogP contribution in [0.25, 0.3) is 0 Å². The van der Waals surface area contributed by atoms with Crippen molar-refractivity contribution in [2.75, 3.05) is 20.7 Å². The number of sulfonamides is 1. The fraction of sp³-hybridized carbons (Fsp3) is 0.222. The fourth-order valence-corrected chi connectivity index (χ4v) is 3.83. The molecule has 1 amide bonds. The maximum absolute atomic E-state index is 12.5. The Morgan fingerprint density at radius 1 is 1.15 bits per heavy atom. The Labute approximate surface area is 164 Å². The molecule has 27 heavy (non-hydrogen) atoms. The molecule has 0 bridgehead atoms. The monoisotopic (exact) mass is 407 g/mol. The quantitative estimate of drug-likeness (QED) is 0.601. The molecule has 2 rings (SSSR count). The summed E-state index contributed by atoms with van der Waals surface area (Å²) in [4.78, 5) is 12.0. The molecule has 3 N–H and O–H groups in total. The lowest BCUT2D eigenvalue weighted by atomic mass is 10.1. The first-order valence-corrected chi connectivity index (χ1v) is 10.0. The van der Waals surface area contributed by atoms with Gasteiger partial charge >= 0.3 is 0 Å². The third kappa shape index (κ3) is 5.66. The Hall–Kier alpha value is -2.65. The third-order valence-corrected chi connectivity index (χ3v) is 5.51. The molecule has 0 aliphatic carbocycles. The summed E-state index contributed by atoms with van der Waals surface area (Å²) < 4.78 is 32.4. The number of nitrogens with one attached hydrogen (secondary N) is 3. The molecule has 144 valence electrons. The van der Waals surface area contributed by atoms with Crippen molar-refractivity contribution in [3.8, 4) is 5.75 Å². The summed E-state index contributed by atoms with van der Waals surface area (Å²) in [5, 5.41) is 5.35. The second-order valence-corrected chi connectivity index (χ2v) is 7.60. The number of ether oxygens (including phenoxy) is 1. The van der Waals surface area contributed by atoms with Gasteiger partial charge in [0.2, 0.25) is 0 Å². The van der Waals surface area contributed by atoms with E-state index in [1.165, 1.54) is 20.2 Å². The van der Waals surface area contributed by atoms with Gasteiger partial charge in [-0.05, 0) is 48.5 Å². The van der Waals surface area contributed by atoms with Crippen LogP contribution in [-0.2, 0) is 16.4 Å². The Morgan fingerprint density at radius 3 is 2.48 bits per heavy atom. The van der Waals surface area contributed by atoms with Gasteiger partial charge in [-0.2, -0.15) is 0 Å². The molecule has 0 aliphatic rings. The summed E-state index contributed by atoms with van der Waals surface area (Å²) in [6.45, 7) is 0.363. The minimum atomic E-state index is -3.89. The van der Waals surface area contributed by atoms with Gasteiger partial charge in [-0.15, -0.1) is 0 Å². The first-order valence-electron chi connectivity index (χ1n) is 8.12. The largest absolute Gasteiger partial charge is 0.495 e. The first kappa shape index (κ1) is 20.7. The fourth-order valence-electron chi connectivity index (χ4n) is 2.33. The number of methoxy groups -OCH3 is 1. The van der Waals surface area contributed by atoms with Gasteiger partial charge in [0.15, 0.2) is 5.11 Å². The number of hydrogen-bond donors (Lipinski definition) is 3. The average molecular weight is 408 g/mol. The molecule has 2 aromatic rings. The van der Waals surface area contributed by atoms with Gasteiger partial charge in [0, 0.05) is 19.2 Å². The second-order valence-electron chi connectivity index (χ2n) is 5.54. The van der Waals surface area contributed by atoms with E-state index in [0.29, 0.717) is 18.5 Å². The highest BCUT2D eigenvalue weighted by Crippen LogP contribution is 2.25. The van der Waals surface area contributed by atoms with Gasteiger partial charge in [0.1, 0.15) is 10.6 Å². The molecule has 9 heteroatoms. The maximum atomic E-state index is 12.5. The van der Waals surface area contributed by atoms with E-state index < -0.39 is 10.0 Å². The number of carbonyl (C=O) groups is 1. The zero-order valence-corrected chi connectivity index (χ0v) is 16.6. The van der Waals surface area contributed by atoms with Crippen LogP contribution in [0.4, 0.5) is 0 Å². The lowest BCUT2D eigenvalue weighted by molar-refractivity contribution is 0.0954. The number of hydrogen-bond acceptors (Lipinski definition) is 5. The number of thiocarbonyl (C=S) groups is 1. The van der Waals surface area contributed by atoms with Crippen LogP contribution in [0.15, 0.2) is 53.4 Å². The number of benzene rings is 2. The Balaban J connectivity index is 2.10. The van der Waals surface area contributed by atoms with Crippen molar-refractivity contribution in [1.82, 2.24) is 15.4 Å². The molecule has 0 fully saturated rings. The van der Waals surface area contributed by atoms with E-state index in [0.717, 1.165) is 5.56 Å². The normalized spacial score (nSPS) is 10.7. The third-order valence-electron chi connectivity index (χ3n) is 3.71. The molecular weight excluding hydrogens is 386 g/mol. The van der Waals surface area contributed by atoms with Crippen LogP contribution in [0.1, 0.15) is 15.9 Å². The lowest BCUT2D eigenvalue weighted by Gasteiger charge is -2.13. The van der Waals surface area contributed by atoms with E-state index in [-0.39, 0.29) is 21.7 Å². The SMILES string of the molecule is CNC(=S)NS(=O)(=O)c1cc(CCNC(=O)c2ccccc2)ccc1OC. The zero-order chi connectivity index (χ0) is 19.9. The van der Waals surface area contributed by atoms with E-state index >= 15 is 0 Å². The van der Waals surface area contributed by atoms with Crippen LogP contribution in [-0.4, -0.2) is 40.1 Å². The number of carbonyl (C=O) groups excluding carboxylic acids is 1. The van der Waals surface area contributed by atoms with Gasteiger partial charge in [-0.3, -0.25) is 9.52 Å². The van der Waals surface area contributed by atoms with Gasteiger partial charge in [0.25, 0.3) is 15.9 Å². The molecule has 0 radical (unpaired) electrons. The van der Waals surface area contributed by atoms with Crippen LogP contribution >= 0.6 is 12.2 Å². The van der Waals surface area contributed by atoms with Crippen molar-refractivity contribution in [3.05, 3.63) is 59.7 Å². The highest BCUT2D eigenvalue weighted by molar-refractivity contribution is 7.92. The van der Waals surface area contributed by atoms with Crippen LogP contribution < -0.4 is 20.1 Å². The van der Waals surface area contributed by atoms with E-state index in [4.69, 9.17) is 17.0 Å². The predicted octanol–water partition coefficient (Wildman–Crippen LogP) is 1.45. The summed E-state index contributed by atoms with van der Waals surface area (Å²) in [6, 6.07) is 13.7. The van der Waals surface area contributed by atoms with E-state index in [1.807, 2.05) is 6.07 Å². The zero-order valence-electron chi connectivity index (χ0n) is 15.0. The topological polar surface area (TPSA) is 96.5 Å². The van der Waals surface area contributed by atoms with Crippen LogP contribution in [0.5, 0.6) is 5.75 Å². The number of rotatable bonds is 7. The summed E-state index contributed by atoms with van der Waals surface area (Å²) in [7, 11) is -0.972. The van der Waals surface area contributed by atoms with Gasteiger partial charge in [-0.1, -0.05) is 24.3 Å². The molecule has 0 unspecified atom stereocenters. The summed E-state index contributed by atoms with van der Waals surface area (Å²) in [6.07, 6.45) is 0.460. The highest BCUT2D eigenvalue weighted by atomic mass is 32.2. The first-order chi connectivity index (χ1) is 12.9. The summed E-state index contributed by atoms with van der Waals surface area (Å²) in [5.74, 6) is 0.0245. The molecule has 0 saturated heterocycles. The molecule has 0 spiro atoms. The minimum Gasteiger partial charge on any atom is -0.495 e. The number of amides is 1. The molecule has 0 heterocycles. The smallest absolute Gasteiger partial charge is 0.267 e. The summed E-state index contributed by atoms with van der Waals surface area (Å²) in [5.41, 5.74) is 1.31. The summed E-state index contributed by atoms with van der Waals surface area (Å²) >= 11 is 4.87. The molecule has 0 saturated carbocycles. The second kappa shape index (κ2) is 9.33. The molecule has 0 aliphatic heterocycles. The van der Waals surface area contributed by atoms with Gasteiger partial charge in [-0.25, -0.2) is 8.42 Å². The minimum absolute atomic E-state index is 0.0161. The van der Waals surface area contributed by atoms with Crippen molar-refractivity contribution in [2.45, 2.75) is 11.3 Å². The molecule has 2 aromatic carbocycles. The van der Waals surface area contributed by atoms with Crippen LogP contribution in [0.2, 0.25) is 0 Å². The molecule has 0 atom stereocenters.